The molecule has 8 heteroatoms. The maximum atomic E-state index is 11.9. The molecular formula is C13H13ClN2O3S2. The van der Waals surface area contributed by atoms with E-state index in [9.17, 15) is 13.2 Å². The van der Waals surface area contributed by atoms with Crippen LogP contribution < -0.4 is 10.0 Å². The average Bonchev–Trinajstić information content (AvgIpc) is 2.87. The standard InChI is InChI=1S/C13H13ClN2O3S2/c1-9-4-2-3-5-10(9)16-12(17)8-15-21(18,19)13-7-6-11(14)20-13/h2-7,15H,8H2,1H3,(H,16,17). The molecule has 0 aliphatic rings. The lowest BCUT2D eigenvalue weighted by Gasteiger charge is -2.08. The van der Waals surface area contributed by atoms with E-state index in [1.165, 1.54) is 12.1 Å². The van der Waals surface area contributed by atoms with Crippen molar-refractivity contribution in [1.29, 1.82) is 0 Å². The molecule has 0 saturated carbocycles. The molecule has 2 aromatic rings. The fourth-order valence-electron chi connectivity index (χ4n) is 1.58. The highest BCUT2D eigenvalue weighted by Crippen LogP contribution is 2.25. The Morgan fingerprint density at radius 2 is 1.95 bits per heavy atom. The van der Waals surface area contributed by atoms with Crippen molar-refractivity contribution in [2.24, 2.45) is 0 Å². The first kappa shape index (κ1) is 16.0. The van der Waals surface area contributed by atoms with E-state index < -0.39 is 15.9 Å². The van der Waals surface area contributed by atoms with Crippen LogP contribution in [0.4, 0.5) is 5.69 Å². The third-order valence-corrected chi connectivity index (χ3v) is 5.78. The maximum absolute atomic E-state index is 11.9. The van der Waals surface area contributed by atoms with E-state index in [2.05, 4.69) is 10.0 Å². The second-order valence-corrected chi connectivity index (χ2v) is 7.96. The molecule has 1 aromatic carbocycles. The molecule has 1 aromatic heterocycles. The summed E-state index contributed by atoms with van der Waals surface area (Å²) in [6, 6.07) is 10.1. The zero-order valence-electron chi connectivity index (χ0n) is 11.1. The number of hydrogen-bond donors (Lipinski definition) is 2. The van der Waals surface area contributed by atoms with Gasteiger partial charge in [-0.05, 0) is 30.7 Å². The first-order chi connectivity index (χ1) is 9.88. The molecule has 0 saturated heterocycles. The van der Waals surface area contributed by atoms with Crippen LogP contribution in [0.25, 0.3) is 0 Å². The number of rotatable bonds is 5. The number of benzene rings is 1. The zero-order valence-corrected chi connectivity index (χ0v) is 13.5. The summed E-state index contributed by atoms with van der Waals surface area (Å²) in [5.41, 5.74) is 1.56. The Morgan fingerprint density at radius 3 is 2.57 bits per heavy atom. The van der Waals surface area contributed by atoms with Crippen LogP contribution in [0.3, 0.4) is 0 Å². The van der Waals surface area contributed by atoms with Crippen LogP contribution in [0.2, 0.25) is 4.34 Å². The number of halogens is 1. The molecule has 1 amide bonds. The number of hydrogen-bond acceptors (Lipinski definition) is 4. The largest absolute Gasteiger partial charge is 0.325 e. The van der Waals surface area contributed by atoms with Crippen LogP contribution in [0, 0.1) is 6.92 Å². The molecule has 1 heterocycles. The van der Waals surface area contributed by atoms with Crippen molar-refractivity contribution in [3.05, 3.63) is 46.3 Å². The van der Waals surface area contributed by atoms with Crippen LogP contribution in [-0.4, -0.2) is 20.9 Å². The summed E-state index contributed by atoms with van der Waals surface area (Å²) < 4.78 is 26.6. The van der Waals surface area contributed by atoms with E-state index in [-0.39, 0.29) is 10.8 Å². The van der Waals surface area contributed by atoms with Crippen LogP contribution in [0.5, 0.6) is 0 Å². The summed E-state index contributed by atoms with van der Waals surface area (Å²) in [6.07, 6.45) is 0. The summed E-state index contributed by atoms with van der Waals surface area (Å²) in [6.45, 7) is 1.51. The summed E-state index contributed by atoms with van der Waals surface area (Å²) in [5, 5.41) is 2.65. The van der Waals surface area contributed by atoms with Gasteiger partial charge in [-0.1, -0.05) is 29.8 Å². The zero-order chi connectivity index (χ0) is 15.5. The van der Waals surface area contributed by atoms with Gasteiger partial charge in [-0.3, -0.25) is 4.79 Å². The SMILES string of the molecule is Cc1ccccc1NC(=O)CNS(=O)(=O)c1ccc(Cl)s1. The molecule has 0 spiro atoms. The first-order valence-corrected chi connectivity index (χ1v) is 8.67. The van der Waals surface area contributed by atoms with Crippen molar-refractivity contribution < 1.29 is 13.2 Å². The number of sulfonamides is 1. The number of nitrogens with one attached hydrogen (secondary N) is 2. The highest BCUT2D eigenvalue weighted by atomic mass is 35.5. The van der Waals surface area contributed by atoms with Gasteiger partial charge in [0, 0.05) is 5.69 Å². The summed E-state index contributed by atoms with van der Waals surface area (Å²) >= 11 is 6.64. The Bertz CT molecular complexity index is 756. The third-order valence-electron chi connectivity index (χ3n) is 2.66. The maximum Gasteiger partial charge on any atom is 0.250 e. The predicted octanol–water partition coefficient (Wildman–Crippen LogP) is 2.63. The van der Waals surface area contributed by atoms with Gasteiger partial charge in [0.05, 0.1) is 10.9 Å². The normalized spacial score (nSPS) is 11.3. The minimum Gasteiger partial charge on any atom is -0.325 e. The Hall–Kier alpha value is -1.41. The second kappa shape index (κ2) is 6.57. The van der Waals surface area contributed by atoms with E-state index in [0.717, 1.165) is 16.9 Å². The lowest BCUT2D eigenvalue weighted by Crippen LogP contribution is -2.32. The van der Waals surface area contributed by atoms with Gasteiger partial charge in [0.15, 0.2) is 0 Å². The van der Waals surface area contributed by atoms with Crippen LogP contribution in [0.1, 0.15) is 5.56 Å². The van der Waals surface area contributed by atoms with Crippen molar-refractivity contribution in [2.75, 3.05) is 11.9 Å². The van der Waals surface area contributed by atoms with E-state index in [1.54, 1.807) is 12.1 Å². The van der Waals surface area contributed by atoms with Gasteiger partial charge in [0.25, 0.3) is 10.0 Å². The molecule has 0 unspecified atom stereocenters. The quantitative estimate of drug-likeness (QED) is 0.875. The minimum absolute atomic E-state index is 0.0798. The van der Waals surface area contributed by atoms with Gasteiger partial charge < -0.3 is 5.32 Å². The molecule has 2 N–H and O–H groups in total. The van der Waals surface area contributed by atoms with Crippen LogP contribution in [0.15, 0.2) is 40.6 Å². The van der Waals surface area contributed by atoms with E-state index in [4.69, 9.17) is 11.6 Å². The van der Waals surface area contributed by atoms with Gasteiger partial charge in [-0.2, -0.15) is 0 Å². The number of para-hydroxylation sites is 1. The second-order valence-electron chi connectivity index (χ2n) is 4.25. The number of thiophene rings is 1. The molecule has 0 aliphatic carbocycles. The van der Waals surface area contributed by atoms with Gasteiger partial charge in [0.1, 0.15) is 4.21 Å². The average molecular weight is 345 g/mol. The first-order valence-electron chi connectivity index (χ1n) is 5.99. The minimum atomic E-state index is -3.71. The van der Waals surface area contributed by atoms with Crippen LogP contribution >= 0.6 is 22.9 Å². The van der Waals surface area contributed by atoms with Gasteiger partial charge in [-0.15, -0.1) is 11.3 Å². The number of aryl methyl sites for hydroxylation is 1. The van der Waals surface area contributed by atoms with Crippen molar-refractivity contribution in [3.8, 4) is 0 Å². The predicted molar refractivity (Wildman–Crippen MR) is 84.3 cm³/mol. The molecule has 0 atom stereocenters. The van der Waals surface area contributed by atoms with E-state index >= 15 is 0 Å². The van der Waals surface area contributed by atoms with E-state index in [0.29, 0.717) is 10.0 Å². The van der Waals surface area contributed by atoms with Gasteiger partial charge >= 0.3 is 0 Å². The van der Waals surface area contributed by atoms with Gasteiger partial charge in [-0.25, -0.2) is 13.1 Å². The highest BCUT2D eigenvalue weighted by molar-refractivity contribution is 7.91. The lowest BCUT2D eigenvalue weighted by molar-refractivity contribution is -0.115. The molecule has 112 valence electrons. The Balaban J connectivity index is 1.97. The van der Waals surface area contributed by atoms with Crippen molar-refractivity contribution in [2.45, 2.75) is 11.1 Å². The van der Waals surface area contributed by atoms with Crippen molar-refractivity contribution >= 4 is 44.6 Å². The Kier molecular flexibility index (Phi) is 5.00. The fourth-order valence-corrected chi connectivity index (χ4v) is 4.09. The third kappa shape index (κ3) is 4.28. The topological polar surface area (TPSA) is 75.3 Å². The Labute approximate surface area is 132 Å². The smallest absolute Gasteiger partial charge is 0.250 e. The summed E-state index contributed by atoms with van der Waals surface area (Å²) in [7, 11) is -3.71. The van der Waals surface area contributed by atoms with E-state index in [1.807, 2.05) is 19.1 Å². The summed E-state index contributed by atoms with van der Waals surface area (Å²) in [5.74, 6) is -0.435. The summed E-state index contributed by atoms with van der Waals surface area (Å²) in [4.78, 5) is 11.8. The van der Waals surface area contributed by atoms with Gasteiger partial charge in [0.2, 0.25) is 5.91 Å². The Morgan fingerprint density at radius 1 is 1.24 bits per heavy atom. The number of amides is 1. The van der Waals surface area contributed by atoms with Crippen molar-refractivity contribution in [3.63, 3.8) is 0 Å². The van der Waals surface area contributed by atoms with Crippen LogP contribution in [-0.2, 0) is 14.8 Å². The molecule has 0 fully saturated rings. The van der Waals surface area contributed by atoms with Crippen molar-refractivity contribution in [1.82, 2.24) is 4.72 Å². The lowest BCUT2D eigenvalue weighted by atomic mass is 10.2. The molecule has 21 heavy (non-hydrogen) atoms. The molecule has 0 aliphatic heterocycles. The molecule has 0 bridgehead atoms. The number of anilines is 1. The molecule has 0 radical (unpaired) electrons. The number of carbonyl (C=O) groups excluding carboxylic acids is 1. The molecule has 5 nitrogen and oxygen atoms in total. The molecule has 2 rings (SSSR count). The number of carbonyl (C=O) groups is 1. The highest BCUT2D eigenvalue weighted by Gasteiger charge is 2.17. The monoisotopic (exact) mass is 344 g/mol. The molecular weight excluding hydrogens is 332 g/mol. The fraction of sp³-hybridized carbons (Fsp3) is 0.154.